The predicted octanol–water partition coefficient (Wildman–Crippen LogP) is 2.35. The van der Waals surface area contributed by atoms with Crippen LogP contribution in [0.2, 0.25) is 0 Å². The van der Waals surface area contributed by atoms with Crippen LogP contribution in [0, 0.1) is 5.82 Å². The van der Waals surface area contributed by atoms with Crippen LogP contribution in [-0.4, -0.2) is 53.0 Å². The number of benzene rings is 1. The highest BCUT2D eigenvalue weighted by Gasteiger charge is 2.41. The van der Waals surface area contributed by atoms with E-state index in [9.17, 15) is 9.18 Å². The maximum atomic E-state index is 13.9. The molecule has 24 heavy (non-hydrogen) atoms. The van der Waals surface area contributed by atoms with Crippen LogP contribution in [0.1, 0.15) is 5.56 Å². The highest BCUT2D eigenvalue weighted by Crippen LogP contribution is 2.25. The van der Waals surface area contributed by atoms with Crippen LogP contribution in [0.4, 0.5) is 15.0 Å². The molecule has 1 atom stereocenters. The lowest BCUT2D eigenvalue weighted by atomic mass is 10.1. The lowest BCUT2D eigenvalue weighted by Crippen LogP contribution is -2.51. The SMILES string of the molecule is O=C1N(c2ccccn2)C[C@H]2CN(Cc3ccccc3F)CCN12. The van der Waals surface area contributed by atoms with E-state index < -0.39 is 0 Å². The first kappa shape index (κ1) is 15.1. The molecule has 0 aliphatic carbocycles. The Hall–Kier alpha value is -2.47. The van der Waals surface area contributed by atoms with E-state index in [0.29, 0.717) is 31.0 Å². The average Bonchev–Trinajstić information content (AvgIpc) is 2.94. The number of hydrogen-bond acceptors (Lipinski definition) is 3. The predicted molar refractivity (Wildman–Crippen MR) is 89.2 cm³/mol. The molecule has 2 amide bonds. The minimum atomic E-state index is -0.169. The maximum absolute atomic E-state index is 13.9. The molecular formula is C18H19FN4O. The fraction of sp³-hybridized carbons (Fsp3) is 0.333. The van der Waals surface area contributed by atoms with Gasteiger partial charge in [0.15, 0.2) is 0 Å². The molecule has 2 saturated heterocycles. The first-order chi connectivity index (χ1) is 11.7. The van der Waals surface area contributed by atoms with Gasteiger partial charge in [-0.1, -0.05) is 24.3 Å². The molecule has 0 radical (unpaired) electrons. The Morgan fingerprint density at radius 2 is 1.92 bits per heavy atom. The zero-order chi connectivity index (χ0) is 16.5. The molecule has 2 aliphatic heterocycles. The minimum absolute atomic E-state index is 0.0178. The Bertz CT molecular complexity index is 739. The molecule has 1 aromatic heterocycles. The van der Waals surface area contributed by atoms with E-state index in [2.05, 4.69) is 9.88 Å². The van der Waals surface area contributed by atoms with Gasteiger partial charge in [0.1, 0.15) is 11.6 Å². The summed E-state index contributed by atoms with van der Waals surface area (Å²) in [5.41, 5.74) is 0.705. The van der Waals surface area contributed by atoms with Gasteiger partial charge in [0, 0.05) is 37.9 Å². The van der Waals surface area contributed by atoms with Crippen LogP contribution in [0.15, 0.2) is 48.7 Å². The first-order valence-electron chi connectivity index (χ1n) is 8.17. The monoisotopic (exact) mass is 326 g/mol. The molecule has 1 aromatic carbocycles. The summed E-state index contributed by atoms with van der Waals surface area (Å²) in [6.07, 6.45) is 1.70. The normalized spacial score (nSPS) is 21.2. The second kappa shape index (κ2) is 6.20. The molecule has 0 spiro atoms. The second-order valence-corrected chi connectivity index (χ2v) is 6.25. The Kier molecular flexibility index (Phi) is 3.90. The fourth-order valence-corrected chi connectivity index (χ4v) is 3.49. The van der Waals surface area contributed by atoms with Crippen LogP contribution < -0.4 is 4.90 Å². The molecule has 2 fully saturated rings. The Morgan fingerprint density at radius 1 is 1.08 bits per heavy atom. The third kappa shape index (κ3) is 2.73. The van der Waals surface area contributed by atoms with Gasteiger partial charge < -0.3 is 4.90 Å². The Morgan fingerprint density at radius 3 is 2.71 bits per heavy atom. The van der Waals surface area contributed by atoms with Gasteiger partial charge in [-0.15, -0.1) is 0 Å². The molecule has 0 N–H and O–H groups in total. The Labute approximate surface area is 140 Å². The summed E-state index contributed by atoms with van der Waals surface area (Å²) in [5, 5.41) is 0. The van der Waals surface area contributed by atoms with Gasteiger partial charge >= 0.3 is 6.03 Å². The van der Waals surface area contributed by atoms with Crippen molar-refractivity contribution in [1.82, 2.24) is 14.8 Å². The van der Waals surface area contributed by atoms with Gasteiger partial charge in [-0.25, -0.2) is 14.2 Å². The van der Waals surface area contributed by atoms with E-state index in [1.807, 2.05) is 35.2 Å². The number of aromatic nitrogens is 1. The van der Waals surface area contributed by atoms with E-state index >= 15 is 0 Å². The molecule has 6 heteroatoms. The molecule has 0 unspecified atom stereocenters. The second-order valence-electron chi connectivity index (χ2n) is 6.25. The average molecular weight is 326 g/mol. The number of rotatable bonds is 3. The molecule has 124 valence electrons. The van der Waals surface area contributed by atoms with Crippen molar-refractivity contribution in [1.29, 1.82) is 0 Å². The lowest BCUT2D eigenvalue weighted by Gasteiger charge is -2.36. The van der Waals surface area contributed by atoms with Crippen LogP contribution in [0.5, 0.6) is 0 Å². The zero-order valence-electron chi connectivity index (χ0n) is 13.3. The number of carbonyl (C=O) groups excluding carboxylic acids is 1. The summed E-state index contributed by atoms with van der Waals surface area (Å²) < 4.78 is 13.9. The van der Waals surface area contributed by atoms with Gasteiger partial charge in [-0.2, -0.15) is 0 Å². The molecule has 5 nitrogen and oxygen atoms in total. The fourth-order valence-electron chi connectivity index (χ4n) is 3.49. The van der Waals surface area contributed by atoms with E-state index in [0.717, 1.165) is 13.1 Å². The summed E-state index contributed by atoms with van der Waals surface area (Å²) in [6.45, 7) is 3.38. The van der Waals surface area contributed by atoms with Crippen molar-refractivity contribution in [2.45, 2.75) is 12.6 Å². The third-order valence-electron chi connectivity index (χ3n) is 4.71. The van der Waals surface area contributed by atoms with Gasteiger partial charge in [-0.05, 0) is 18.2 Å². The summed E-state index contributed by atoms with van der Waals surface area (Å²) in [6, 6.07) is 12.6. The number of anilines is 1. The molecule has 2 aliphatic rings. The van der Waals surface area contributed by atoms with Crippen LogP contribution in [-0.2, 0) is 6.54 Å². The van der Waals surface area contributed by atoms with Crippen LogP contribution >= 0.6 is 0 Å². The molecular weight excluding hydrogens is 307 g/mol. The molecule has 0 bridgehead atoms. The minimum Gasteiger partial charge on any atom is -0.317 e. The van der Waals surface area contributed by atoms with Crippen molar-refractivity contribution >= 4 is 11.8 Å². The number of pyridine rings is 1. The van der Waals surface area contributed by atoms with Crippen LogP contribution in [0.25, 0.3) is 0 Å². The number of amides is 2. The van der Waals surface area contributed by atoms with Crippen molar-refractivity contribution in [2.24, 2.45) is 0 Å². The van der Waals surface area contributed by atoms with E-state index in [1.165, 1.54) is 6.07 Å². The molecule has 0 saturated carbocycles. The van der Waals surface area contributed by atoms with Gasteiger partial charge in [0.25, 0.3) is 0 Å². The summed E-state index contributed by atoms with van der Waals surface area (Å²) in [7, 11) is 0. The molecule has 4 rings (SSSR count). The van der Waals surface area contributed by atoms with Crippen molar-refractivity contribution in [3.05, 3.63) is 60.0 Å². The topological polar surface area (TPSA) is 39.7 Å². The third-order valence-corrected chi connectivity index (χ3v) is 4.71. The number of nitrogens with zero attached hydrogens (tertiary/aromatic N) is 4. The van der Waals surface area contributed by atoms with Gasteiger partial charge in [-0.3, -0.25) is 9.80 Å². The Balaban J connectivity index is 1.46. The van der Waals surface area contributed by atoms with Crippen LogP contribution in [0.3, 0.4) is 0 Å². The quantitative estimate of drug-likeness (QED) is 0.869. The summed E-state index contributed by atoms with van der Waals surface area (Å²) >= 11 is 0. The van der Waals surface area contributed by atoms with Gasteiger partial charge in [0.2, 0.25) is 0 Å². The first-order valence-corrected chi connectivity index (χ1v) is 8.17. The smallest absolute Gasteiger partial charge is 0.317 e. The molecule has 2 aromatic rings. The summed E-state index contributed by atoms with van der Waals surface area (Å²) in [4.78, 5) is 22.7. The number of piperazine rings is 1. The number of hydrogen-bond donors (Lipinski definition) is 0. The van der Waals surface area contributed by atoms with Crippen molar-refractivity contribution in [2.75, 3.05) is 31.1 Å². The van der Waals surface area contributed by atoms with Gasteiger partial charge in [0.05, 0.1) is 12.6 Å². The molecule has 3 heterocycles. The number of fused-ring (bicyclic) bond motifs is 1. The lowest BCUT2D eigenvalue weighted by molar-refractivity contribution is 0.116. The van der Waals surface area contributed by atoms with Crippen molar-refractivity contribution in [3.63, 3.8) is 0 Å². The van der Waals surface area contributed by atoms with E-state index in [4.69, 9.17) is 0 Å². The number of urea groups is 1. The number of carbonyl (C=O) groups is 1. The zero-order valence-corrected chi connectivity index (χ0v) is 13.3. The van der Waals surface area contributed by atoms with Crippen molar-refractivity contribution in [3.8, 4) is 0 Å². The largest absolute Gasteiger partial charge is 0.326 e. The maximum Gasteiger partial charge on any atom is 0.326 e. The van der Waals surface area contributed by atoms with Crippen molar-refractivity contribution < 1.29 is 9.18 Å². The van der Waals surface area contributed by atoms with E-state index in [-0.39, 0.29) is 17.9 Å². The van der Waals surface area contributed by atoms with E-state index in [1.54, 1.807) is 17.2 Å². The standard InChI is InChI=1S/C18H19FN4O/c19-16-6-2-1-5-14(16)11-21-9-10-22-15(12-21)13-23(18(22)24)17-7-3-4-8-20-17/h1-8,15H,9-13H2/t15-/m1/s1. The number of halogens is 1. The summed E-state index contributed by atoms with van der Waals surface area (Å²) in [5.74, 6) is 0.523. The highest BCUT2D eigenvalue weighted by atomic mass is 19.1. The highest BCUT2D eigenvalue weighted by molar-refractivity contribution is 5.93.